The standard InChI is InChI=1S/C27H20Cl2N8O10S2/c1-12-22(25(38)36(34-12)20-10-14(48(42,43)44)6-8-17(20)28)31-30-19-5-3-4-16(27(40)41)24(19)33-32-23-13(2)35-37(26(23)39)21-11-15(49(45,46)47)7-9-18(21)29/h3-11,22-23H,1-2H3,(H,40,41)(H,42,43,44)(H,45,46,47). The lowest BCUT2D eigenvalue weighted by atomic mass is 10.1. The smallest absolute Gasteiger partial charge is 0.338 e. The van der Waals surface area contributed by atoms with Crippen molar-refractivity contribution in [1.29, 1.82) is 0 Å². The normalized spacial score (nSPS) is 18.6. The number of hydrazone groups is 2. The molecule has 2 atom stereocenters. The minimum Gasteiger partial charge on any atom is -0.478 e. The molecule has 2 heterocycles. The number of nitrogens with zero attached hydrogens (tertiary/aromatic N) is 8. The fourth-order valence-corrected chi connectivity index (χ4v) is 5.88. The number of benzene rings is 3. The molecule has 2 amide bonds. The Bertz CT molecular complexity index is 2300. The molecule has 0 bridgehead atoms. The molecule has 0 aliphatic carbocycles. The highest BCUT2D eigenvalue weighted by Crippen LogP contribution is 2.37. The predicted molar refractivity (Wildman–Crippen MR) is 174 cm³/mol. The summed E-state index contributed by atoms with van der Waals surface area (Å²) in [6, 6.07) is 7.23. The van der Waals surface area contributed by atoms with Crippen LogP contribution in [-0.4, -0.2) is 72.3 Å². The van der Waals surface area contributed by atoms with Crippen LogP contribution in [0, 0.1) is 0 Å². The third-order valence-corrected chi connectivity index (χ3v) is 9.22. The molecule has 3 aromatic rings. The number of anilines is 2. The average Bonchev–Trinajstić information content (AvgIpc) is 3.46. The second kappa shape index (κ2) is 13.1. The van der Waals surface area contributed by atoms with Crippen LogP contribution in [0.15, 0.2) is 95.0 Å². The molecule has 0 radical (unpaired) electrons. The van der Waals surface area contributed by atoms with Gasteiger partial charge in [0, 0.05) is 0 Å². The van der Waals surface area contributed by atoms with E-state index in [0.29, 0.717) is 0 Å². The summed E-state index contributed by atoms with van der Waals surface area (Å²) in [4.78, 5) is 37.5. The van der Waals surface area contributed by atoms with E-state index in [4.69, 9.17) is 23.2 Å². The van der Waals surface area contributed by atoms with E-state index < -0.39 is 65.5 Å². The summed E-state index contributed by atoms with van der Waals surface area (Å²) in [5.74, 6) is -3.10. The minimum absolute atomic E-state index is 0.0678. The Morgan fingerprint density at radius 1 is 0.755 bits per heavy atom. The number of azo groups is 2. The molecular formula is C27H20Cl2N8O10S2. The topological polar surface area (TPSA) is 261 Å². The summed E-state index contributed by atoms with van der Waals surface area (Å²) in [6.07, 6.45) is 0. The molecule has 0 spiro atoms. The van der Waals surface area contributed by atoms with Gasteiger partial charge < -0.3 is 5.11 Å². The summed E-state index contributed by atoms with van der Waals surface area (Å²) in [5, 5.41) is 35.3. The molecule has 0 saturated heterocycles. The number of hydrogen-bond donors (Lipinski definition) is 3. The van der Waals surface area contributed by atoms with Crippen molar-refractivity contribution in [2.45, 2.75) is 35.7 Å². The number of carbonyl (C=O) groups is 3. The first-order chi connectivity index (χ1) is 22.9. The number of amides is 2. The van der Waals surface area contributed by atoms with E-state index in [9.17, 15) is 45.4 Å². The van der Waals surface area contributed by atoms with Gasteiger partial charge in [-0.25, -0.2) is 4.79 Å². The van der Waals surface area contributed by atoms with E-state index in [-0.39, 0.29) is 44.2 Å². The SMILES string of the molecule is CC1=NN(c2cc(S(=O)(=O)O)ccc2Cl)C(=O)C1N=Nc1cccc(C(=O)O)c1N=NC1C(=O)N(c2cc(S(=O)(=O)O)ccc2Cl)N=C1C. The first kappa shape index (κ1) is 35.3. The van der Waals surface area contributed by atoms with Crippen LogP contribution in [-0.2, 0) is 29.8 Å². The third-order valence-electron chi connectivity index (χ3n) is 6.88. The molecule has 49 heavy (non-hydrogen) atoms. The third kappa shape index (κ3) is 7.09. The van der Waals surface area contributed by atoms with Gasteiger partial charge in [0.2, 0.25) is 0 Å². The molecule has 0 aromatic heterocycles. The zero-order valence-corrected chi connectivity index (χ0v) is 27.8. The van der Waals surface area contributed by atoms with Crippen molar-refractivity contribution in [3.8, 4) is 0 Å². The number of rotatable bonds is 9. The van der Waals surface area contributed by atoms with Gasteiger partial charge in [-0.3, -0.25) is 18.7 Å². The molecule has 0 saturated carbocycles. The molecule has 18 nitrogen and oxygen atoms in total. The maximum atomic E-state index is 13.3. The van der Waals surface area contributed by atoms with Gasteiger partial charge in [0.15, 0.2) is 12.1 Å². The number of halogens is 2. The van der Waals surface area contributed by atoms with Crippen LogP contribution in [0.2, 0.25) is 10.0 Å². The number of carboxylic acid groups (broad SMARTS) is 1. The maximum absolute atomic E-state index is 13.3. The van der Waals surface area contributed by atoms with Crippen LogP contribution in [0.1, 0.15) is 24.2 Å². The Morgan fingerprint density at radius 3 is 1.63 bits per heavy atom. The van der Waals surface area contributed by atoms with Crippen LogP contribution < -0.4 is 10.0 Å². The molecule has 2 unspecified atom stereocenters. The molecule has 0 fully saturated rings. The molecular weight excluding hydrogens is 731 g/mol. The fraction of sp³-hybridized carbons (Fsp3) is 0.148. The number of carbonyl (C=O) groups excluding carboxylic acids is 2. The Morgan fingerprint density at radius 2 is 1.20 bits per heavy atom. The zero-order chi connectivity index (χ0) is 36.0. The van der Waals surface area contributed by atoms with E-state index in [0.717, 1.165) is 46.4 Å². The lowest BCUT2D eigenvalue weighted by Gasteiger charge is -2.15. The average molecular weight is 752 g/mol. The highest BCUT2D eigenvalue weighted by atomic mass is 35.5. The first-order valence-electron chi connectivity index (χ1n) is 13.4. The molecule has 3 N–H and O–H groups in total. The minimum atomic E-state index is -4.66. The molecule has 2 aliphatic rings. The van der Waals surface area contributed by atoms with Crippen LogP contribution in [0.4, 0.5) is 22.7 Å². The van der Waals surface area contributed by atoms with Gasteiger partial charge in [0.1, 0.15) is 11.4 Å². The maximum Gasteiger partial charge on any atom is 0.338 e. The predicted octanol–water partition coefficient (Wildman–Crippen LogP) is 4.94. The Balaban J connectivity index is 1.45. The molecule has 3 aromatic carbocycles. The van der Waals surface area contributed by atoms with Crippen molar-refractivity contribution in [2.24, 2.45) is 30.7 Å². The second-order valence-corrected chi connectivity index (χ2v) is 13.8. The summed E-state index contributed by atoms with van der Waals surface area (Å²) in [6.45, 7) is 2.83. The number of hydrogen-bond acceptors (Lipinski definition) is 13. The summed E-state index contributed by atoms with van der Waals surface area (Å²) in [5.41, 5.74) is -1.13. The lowest BCUT2D eigenvalue weighted by molar-refractivity contribution is -0.118. The molecule has 254 valence electrons. The van der Waals surface area contributed by atoms with Crippen LogP contribution >= 0.6 is 23.2 Å². The van der Waals surface area contributed by atoms with Gasteiger partial charge >= 0.3 is 5.97 Å². The zero-order valence-electron chi connectivity index (χ0n) is 24.7. The van der Waals surface area contributed by atoms with Gasteiger partial charge in [0.05, 0.1) is 48.2 Å². The van der Waals surface area contributed by atoms with Gasteiger partial charge in [0.25, 0.3) is 32.1 Å². The van der Waals surface area contributed by atoms with Gasteiger partial charge in [-0.15, -0.1) is 0 Å². The van der Waals surface area contributed by atoms with E-state index >= 15 is 0 Å². The largest absolute Gasteiger partial charge is 0.478 e. The van der Waals surface area contributed by atoms with E-state index in [1.807, 2.05) is 0 Å². The molecule has 22 heteroatoms. The van der Waals surface area contributed by atoms with E-state index in [2.05, 4.69) is 30.7 Å². The number of carboxylic acids is 1. The van der Waals surface area contributed by atoms with Crippen molar-refractivity contribution >= 4 is 95.4 Å². The second-order valence-electron chi connectivity index (χ2n) is 10.2. The summed E-state index contributed by atoms with van der Waals surface area (Å²) >= 11 is 12.3. The molecule has 5 rings (SSSR count). The van der Waals surface area contributed by atoms with Gasteiger partial charge in [-0.2, -0.15) is 57.5 Å². The van der Waals surface area contributed by atoms with Crippen molar-refractivity contribution < 1.29 is 45.4 Å². The molecule has 2 aliphatic heterocycles. The van der Waals surface area contributed by atoms with Crippen molar-refractivity contribution in [3.05, 3.63) is 70.2 Å². The Hall–Kier alpha value is -4.99. The van der Waals surface area contributed by atoms with Crippen LogP contribution in [0.3, 0.4) is 0 Å². The first-order valence-corrected chi connectivity index (χ1v) is 17.0. The highest BCUT2D eigenvalue weighted by molar-refractivity contribution is 7.86. The summed E-state index contributed by atoms with van der Waals surface area (Å²) < 4.78 is 65.3. The lowest BCUT2D eigenvalue weighted by Crippen LogP contribution is -2.30. The number of aromatic carboxylic acids is 1. The van der Waals surface area contributed by atoms with Crippen molar-refractivity contribution in [3.63, 3.8) is 0 Å². The monoisotopic (exact) mass is 750 g/mol. The van der Waals surface area contributed by atoms with E-state index in [1.54, 1.807) is 0 Å². The van der Waals surface area contributed by atoms with Gasteiger partial charge in [-0.1, -0.05) is 29.3 Å². The summed E-state index contributed by atoms with van der Waals surface area (Å²) in [7, 11) is -9.30. The Labute approximate surface area is 286 Å². The fourth-order valence-electron chi connectivity index (χ4n) is 4.48. The van der Waals surface area contributed by atoms with E-state index in [1.165, 1.54) is 32.0 Å². The van der Waals surface area contributed by atoms with Crippen molar-refractivity contribution in [1.82, 2.24) is 0 Å². The van der Waals surface area contributed by atoms with Crippen LogP contribution in [0.25, 0.3) is 0 Å². The highest BCUT2D eigenvalue weighted by Gasteiger charge is 2.38. The Kier molecular flexibility index (Phi) is 9.47. The quantitative estimate of drug-likeness (QED) is 0.196. The van der Waals surface area contributed by atoms with Gasteiger partial charge in [-0.05, 0) is 62.4 Å². The van der Waals surface area contributed by atoms with Crippen molar-refractivity contribution in [2.75, 3.05) is 10.0 Å². The van der Waals surface area contributed by atoms with Crippen LogP contribution in [0.5, 0.6) is 0 Å².